The number of halogens is 3. The van der Waals surface area contributed by atoms with Crippen LogP contribution in [0, 0.1) is 0 Å². The molecule has 0 aromatic rings. The molecule has 0 spiro atoms. The van der Waals surface area contributed by atoms with E-state index in [1.807, 2.05) is 0 Å². The molecule has 0 amide bonds. The van der Waals surface area contributed by atoms with Crippen molar-refractivity contribution in [2.24, 2.45) is 0 Å². The number of alkyl halides is 3. The minimum Gasteiger partial charge on any atom is -0.308 e. The van der Waals surface area contributed by atoms with Crippen LogP contribution < -0.4 is 0 Å². The molecule has 0 heterocycles. The molecule has 0 fully saturated rings. The van der Waals surface area contributed by atoms with Gasteiger partial charge in [0.05, 0.1) is 0 Å². The van der Waals surface area contributed by atoms with Gasteiger partial charge in [0.15, 0.2) is 0 Å². The molecule has 43 valence electrons. The molecular weight excluding hydrogens is 149 g/mol. The van der Waals surface area contributed by atoms with Gasteiger partial charge in [0, 0.05) is 17.1 Å². The van der Waals surface area contributed by atoms with E-state index in [9.17, 15) is 13.2 Å². The summed E-state index contributed by atoms with van der Waals surface area (Å²) in [6.45, 7) is 0. The summed E-state index contributed by atoms with van der Waals surface area (Å²) < 4.78 is 29.7. The number of hydrogen-bond donors (Lipinski definition) is 1. The fraction of sp³-hybridized carbons (Fsp3) is 1.00. The molecule has 0 aliphatic carbocycles. The van der Waals surface area contributed by atoms with Crippen molar-refractivity contribution in [3.8, 4) is 0 Å². The maximum absolute atomic E-state index is 9.91. The topological polar surface area (TPSA) is 20.2 Å². The largest absolute Gasteiger partial charge is 0.519 e. The number of rotatable bonds is 0. The Balaban J connectivity index is 0. The van der Waals surface area contributed by atoms with E-state index in [1.165, 1.54) is 0 Å². The van der Waals surface area contributed by atoms with Crippen molar-refractivity contribution in [2.75, 3.05) is 0 Å². The predicted molar refractivity (Wildman–Crippen MR) is 8.27 cm³/mol. The second kappa shape index (κ2) is 2.44. The summed E-state index contributed by atoms with van der Waals surface area (Å²) in [6.07, 6.45) is -5.00. The third kappa shape index (κ3) is 628. The summed E-state index contributed by atoms with van der Waals surface area (Å²) in [6, 6.07) is 0. The van der Waals surface area contributed by atoms with Crippen molar-refractivity contribution >= 4 is 0 Å². The van der Waals surface area contributed by atoms with E-state index in [4.69, 9.17) is 5.11 Å². The van der Waals surface area contributed by atoms with Crippen molar-refractivity contribution in [2.45, 2.75) is 6.36 Å². The van der Waals surface area contributed by atoms with Crippen molar-refractivity contribution in [3.63, 3.8) is 0 Å². The van der Waals surface area contributed by atoms with Crippen LogP contribution in [0.2, 0.25) is 0 Å². The van der Waals surface area contributed by atoms with E-state index in [0.717, 1.165) is 0 Å². The summed E-state index contributed by atoms with van der Waals surface area (Å²) in [5.74, 6) is 0. The molecule has 0 saturated carbocycles. The third-order valence-electron chi connectivity index (χ3n) is 0. The summed E-state index contributed by atoms with van der Waals surface area (Å²) >= 11 is 0. The Kier molecular flexibility index (Phi) is 3.89. The Morgan fingerprint density at radius 1 is 1.17 bits per heavy atom. The molecule has 0 bridgehead atoms. The standard InChI is InChI=1S/CHF3O.Cu/c2-1(3,4)5;/h5H;. The summed E-state index contributed by atoms with van der Waals surface area (Å²) in [5.41, 5.74) is 0. The van der Waals surface area contributed by atoms with Gasteiger partial charge in [0.25, 0.3) is 0 Å². The first-order valence-corrected chi connectivity index (χ1v) is 0.791. The first-order chi connectivity index (χ1) is 2.00. The normalized spacial score (nSPS) is 10.0. The molecule has 0 atom stereocenters. The van der Waals surface area contributed by atoms with Crippen LogP contribution in [0.25, 0.3) is 0 Å². The zero-order valence-electron chi connectivity index (χ0n) is 2.38. The van der Waals surface area contributed by atoms with E-state index < -0.39 is 6.36 Å². The Labute approximate surface area is 42.6 Å². The molecule has 0 aliphatic heterocycles. The minimum atomic E-state index is -5.00. The van der Waals surface area contributed by atoms with Gasteiger partial charge in [0.2, 0.25) is 0 Å². The van der Waals surface area contributed by atoms with Crippen LogP contribution in [0.3, 0.4) is 0 Å². The molecule has 6 heavy (non-hydrogen) atoms. The van der Waals surface area contributed by atoms with Crippen LogP contribution >= 0.6 is 0 Å². The van der Waals surface area contributed by atoms with Crippen molar-refractivity contribution in [1.82, 2.24) is 0 Å². The van der Waals surface area contributed by atoms with Crippen molar-refractivity contribution in [3.05, 3.63) is 0 Å². The zero-order chi connectivity index (χ0) is 4.50. The third-order valence-corrected chi connectivity index (χ3v) is 0. The molecule has 5 heteroatoms. The van der Waals surface area contributed by atoms with Crippen LogP contribution in [0.15, 0.2) is 0 Å². The van der Waals surface area contributed by atoms with Crippen LogP contribution in [-0.2, 0) is 17.1 Å². The van der Waals surface area contributed by atoms with Gasteiger partial charge in [0.1, 0.15) is 0 Å². The van der Waals surface area contributed by atoms with Gasteiger partial charge in [-0.25, -0.2) is 0 Å². The van der Waals surface area contributed by atoms with Gasteiger partial charge in [-0.1, -0.05) is 0 Å². The van der Waals surface area contributed by atoms with Crippen molar-refractivity contribution < 1.29 is 35.3 Å². The fourth-order valence-electron chi connectivity index (χ4n) is 0. The Hall–Kier alpha value is 0.269. The molecular formula is CHCuF3O. The Bertz CT molecular complexity index is 26.3. The van der Waals surface area contributed by atoms with Gasteiger partial charge >= 0.3 is 6.36 Å². The molecule has 0 aromatic carbocycles. The summed E-state index contributed by atoms with van der Waals surface area (Å²) in [4.78, 5) is 0. The van der Waals surface area contributed by atoms with Crippen LogP contribution in [0.1, 0.15) is 0 Å². The fourth-order valence-corrected chi connectivity index (χ4v) is 0. The Morgan fingerprint density at radius 3 is 1.17 bits per heavy atom. The van der Waals surface area contributed by atoms with E-state index in [1.54, 1.807) is 0 Å². The second-order valence-corrected chi connectivity index (χ2v) is 0.468. The average molecular weight is 150 g/mol. The number of hydrogen-bond acceptors (Lipinski definition) is 1. The van der Waals surface area contributed by atoms with E-state index in [-0.39, 0.29) is 17.1 Å². The summed E-state index contributed by atoms with van der Waals surface area (Å²) in [7, 11) is 0. The van der Waals surface area contributed by atoms with E-state index >= 15 is 0 Å². The van der Waals surface area contributed by atoms with Gasteiger partial charge in [-0.2, -0.15) is 0 Å². The van der Waals surface area contributed by atoms with Gasteiger partial charge in [-0.05, 0) is 0 Å². The van der Waals surface area contributed by atoms with Crippen LogP contribution in [0.4, 0.5) is 13.2 Å². The second-order valence-electron chi connectivity index (χ2n) is 0.468. The maximum Gasteiger partial charge on any atom is 0.519 e. The molecule has 0 saturated heterocycles. The molecule has 1 nitrogen and oxygen atoms in total. The monoisotopic (exact) mass is 149 g/mol. The first-order valence-electron chi connectivity index (χ1n) is 0.791. The van der Waals surface area contributed by atoms with Gasteiger partial charge < -0.3 is 5.11 Å². The first kappa shape index (κ1) is 9.55. The maximum atomic E-state index is 9.91. The SMILES string of the molecule is OC(F)(F)F.[Cu]. The minimum absolute atomic E-state index is 0. The van der Waals surface area contributed by atoms with Gasteiger partial charge in [-0.15, -0.1) is 13.2 Å². The average Bonchev–Trinajstić information content (AvgIpc) is 0.722. The van der Waals surface area contributed by atoms with Gasteiger partial charge in [-0.3, -0.25) is 0 Å². The summed E-state index contributed by atoms with van der Waals surface area (Å²) in [5, 5.41) is 6.52. The van der Waals surface area contributed by atoms with Crippen LogP contribution in [-0.4, -0.2) is 11.5 Å². The molecule has 0 aromatic heterocycles. The van der Waals surface area contributed by atoms with Crippen LogP contribution in [0.5, 0.6) is 0 Å². The van der Waals surface area contributed by atoms with Crippen molar-refractivity contribution in [1.29, 1.82) is 0 Å². The smallest absolute Gasteiger partial charge is 0.308 e. The zero-order valence-corrected chi connectivity index (χ0v) is 3.32. The molecule has 1 N–H and O–H groups in total. The quantitative estimate of drug-likeness (QED) is 0.498. The van der Waals surface area contributed by atoms with E-state index in [0.29, 0.717) is 0 Å². The molecule has 0 rings (SSSR count). The molecule has 0 aliphatic rings. The Morgan fingerprint density at radius 2 is 1.17 bits per heavy atom. The molecule has 0 unspecified atom stereocenters. The van der Waals surface area contributed by atoms with E-state index in [2.05, 4.69) is 0 Å². The number of aliphatic hydroxyl groups is 1. The predicted octanol–water partition coefficient (Wildman–Crippen LogP) is 0.496. The molecule has 1 radical (unpaired) electrons.